The molecule has 5 heteroatoms. The zero-order valence-corrected chi connectivity index (χ0v) is 12.0. The van der Waals surface area contributed by atoms with Gasteiger partial charge in [0.25, 0.3) is 5.91 Å². The Morgan fingerprint density at radius 1 is 1.61 bits per heavy atom. The van der Waals surface area contributed by atoms with Crippen molar-refractivity contribution in [2.24, 2.45) is 5.41 Å². The number of hydrogen-bond acceptors (Lipinski definition) is 3. The molecule has 1 aromatic rings. The van der Waals surface area contributed by atoms with Crippen molar-refractivity contribution in [2.75, 3.05) is 20.3 Å². The highest BCUT2D eigenvalue weighted by Gasteiger charge is 2.42. The number of hydrogen-bond donors (Lipinski definition) is 1. The number of carbonyl (C=O) groups excluding carboxylic acids is 1. The first kappa shape index (κ1) is 13.5. The van der Waals surface area contributed by atoms with Gasteiger partial charge in [-0.2, -0.15) is 0 Å². The van der Waals surface area contributed by atoms with Gasteiger partial charge >= 0.3 is 0 Å². The van der Waals surface area contributed by atoms with Gasteiger partial charge in [-0.15, -0.1) is 0 Å². The molecule has 1 amide bonds. The maximum absolute atomic E-state index is 12.0. The van der Waals surface area contributed by atoms with Gasteiger partial charge in [-0.05, 0) is 52.7 Å². The van der Waals surface area contributed by atoms with E-state index in [4.69, 9.17) is 4.74 Å². The van der Waals surface area contributed by atoms with Crippen molar-refractivity contribution in [2.45, 2.75) is 19.3 Å². The Hall–Kier alpha value is -0.940. The molecule has 0 atom stereocenters. The van der Waals surface area contributed by atoms with Gasteiger partial charge in [0.2, 0.25) is 0 Å². The zero-order valence-electron chi connectivity index (χ0n) is 10.4. The monoisotopic (exact) mass is 312 g/mol. The molecule has 1 aromatic heterocycles. The third-order valence-electron chi connectivity index (χ3n) is 3.42. The number of nitrogens with zero attached hydrogens (tertiary/aromatic N) is 1. The molecule has 18 heavy (non-hydrogen) atoms. The summed E-state index contributed by atoms with van der Waals surface area (Å²) in [6.07, 6.45) is 5.01. The quantitative estimate of drug-likeness (QED) is 0.821. The molecule has 0 spiro atoms. The summed E-state index contributed by atoms with van der Waals surface area (Å²) < 4.78 is 5.69. The average Bonchev–Trinajstić information content (AvgIpc) is 3.15. The fourth-order valence-electron chi connectivity index (χ4n) is 1.93. The Balaban J connectivity index is 1.87. The first-order valence-corrected chi connectivity index (χ1v) is 6.84. The van der Waals surface area contributed by atoms with Crippen LogP contribution in [0.2, 0.25) is 0 Å². The minimum Gasteiger partial charge on any atom is -0.385 e. The first-order chi connectivity index (χ1) is 8.67. The number of amides is 1. The lowest BCUT2D eigenvalue weighted by Crippen LogP contribution is -2.31. The van der Waals surface area contributed by atoms with Crippen LogP contribution in [-0.4, -0.2) is 31.2 Å². The molecule has 0 saturated heterocycles. The van der Waals surface area contributed by atoms with Gasteiger partial charge < -0.3 is 10.1 Å². The molecule has 0 bridgehead atoms. The Morgan fingerprint density at radius 3 is 3.00 bits per heavy atom. The van der Waals surface area contributed by atoms with Crippen LogP contribution in [0.25, 0.3) is 0 Å². The van der Waals surface area contributed by atoms with E-state index >= 15 is 0 Å². The van der Waals surface area contributed by atoms with Crippen LogP contribution in [0.1, 0.15) is 29.6 Å². The van der Waals surface area contributed by atoms with Crippen molar-refractivity contribution >= 4 is 21.8 Å². The van der Waals surface area contributed by atoms with Crippen molar-refractivity contribution in [1.29, 1.82) is 0 Å². The third-order valence-corrected chi connectivity index (χ3v) is 4.05. The molecule has 4 nitrogen and oxygen atoms in total. The Morgan fingerprint density at radius 2 is 2.39 bits per heavy atom. The summed E-state index contributed by atoms with van der Waals surface area (Å²) in [5.41, 5.74) is 0.848. The first-order valence-electron chi connectivity index (χ1n) is 6.04. The number of halogens is 1. The molecule has 1 aliphatic carbocycles. The van der Waals surface area contributed by atoms with Crippen molar-refractivity contribution in [3.8, 4) is 0 Å². The molecule has 1 saturated carbocycles. The largest absolute Gasteiger partial charge is 0.385 e. The van der Waals surface area contributed by atoms with Gasteiger partial charge in [-0.1, -0.05) is 0 Å². The molecule has 0 aliphatic heterocycles. The fraction of sp³-hybridized carbons (Fsp3) is 0.538. The average molecular weight is 313 g/mol. The Bertz CT molecular complexity index is 433. The molecule has 1 fully saturated rings. The van der Waals surface area contributed by atoms with Gasteiger partial charge in [0.1, 0.15) is 4.60 Å². The molecule has 98 valence electrons. The fourth-order valence-corrected chi connectivity index (χ4v) is 2.36. The summed E-state index contributed by atoms with van der Waals surface area (Å²) in [5, 5.41) is 2.99. The van der Waals surface area contributed by atoms with Crippen LogP contribution in [0.5, 0.6) is 0 Å². The molecule has 1 N–H and O–H groups in total. The molecule has 0 aromatic carbocycles. The second kappa shape index (κ2) is 5.80. The maximum atomic E-state index is 12.0. The molecular weight excluding hydrogens is 296 g/mol. The van der Waals surface area contributed by atoms with E-state index in [0.29, 0.717) is 10.2 Å². The normalized spacial score (nSPS) is 16.3. The zero-order chi connectivity index (χ0) is 13.0. The summed E-state index contributed by atoms with van der Waals surface area (Å²) in [4.78, 5) is 16.0. The summed E-state index contributed by atoms with van der Waals surface area (Å²) in [7, 11) is 1.71. The number of methoxy groups -OCH3 is 1. The lowest BCUT2D eigenvalue weighted by atomic mass is 10.0. The second-order valence-electron chi connectivity index (χ2n) is 4.77. The van der Waals surface area contributed by atoms with Crippen LogP contribution in [0, 0.1) is 5.41 Å². The molecule has 1 aliphatic rings. The lowest BCUT2D eigenvalue weighted by Gasteiger charge is -2.15. The van der Waals surface area contributed by atoms with E-state index in [0.717, 1.165) is 19.6 Å². The highest BCUT2D eigenvalue weighted by Crippen LogP contribution is 2.48. The molecule has 0 radical (unpaired) electrons. The summed E-state index contributed by atoms with van der Waals surface area (Å²) >= 11 is 3.28. The van der Waals surface area contributed by atoms with Gasteiger partial charge in [-0.3, -0.25) is 4.79 Å². The summed E-state index contributed by atoms with van der Waals surface area (Å²) in [6, 6.07) is 3.53. The predicted molar refractivity (Wildman–Crippen MR) is 72.4 cm³/mol. The van der Waals surface area contributed by atoms with Crippen LogP contribution in [0.3, 0.4) is 0 Å². The van der Waals surface area contributed by atoms with Crippen molar-refractivity contribution in [1.82, 2.24) is 10.3 Å². The Kier molecular flexibility index (Phi) is 4.35. The van der Waals surface area contributed by atoms with E-state index < -0.39 is 0 Å². The third kappa shape index (κ3) is 3.29. The molecule has 2 rings (SSSR count). The van der Waals surface area contributed by atoms with E-state index in [1.54, 1.807) is 25.4 Å². The van der Waals surface area contributed by atoms with E-state index in [9.17, 15) is 4.79 Å². The number of nitrogens with one attached hydrogen (secondary N) is 1. The number of aromatic nitrogens is 1. The predicted octanol–water partition coefficient (Wildman–Crippen LogP) is 2.39. The SMILES string of the molecule is COCCC1(CNC(=O)c2cccnc2Br)CC1. The highest BCUT2D eigenvalue weighted by atomic mass is 79.9. The maximum Gasteiger partial charge on any atom is 0.254 e. The molecule has 0 unspecified atom stereocenters. The van der Waals surface area contributed by atoms with E-state index in [-0.39, 0.29) is 11.3 Å². The van der Waals surface area contributed by atoms with Gasteiger partial charge in [0.15, 0.2) is 0 Å². The standard InChI is InChI=1S/C13H17BrN2O2/c1-18-8-6-13(4-5-13)9-16-12(17)10-3-2-7-15-11(10)14/h2-3,7H,4-6,8-9H2,1H3,(H,16,17). The van der Waals surface area contributed by atoms with Gasteiger partial charge in [0, 0.05) is 26.5 Å². The highest BCUT2D eigenvalue weighted by molar-refractivity contribution is 9.10. The smallest absolute Gasteiger partial charge is 0.254 e. The van der Waals surface area contributed by atoms with Crippen LogP contribution in [-0.2, 0) is 4.74 Å². The lowest BCUT2D eigenvalue weighted by molar-refractivity contribution is 0.0936. The van der Waals surface area contributed by atoms with Crippen molar-refractivity contribution in [3.05, 3.63) is 28.5 Å². The second-order valence-corrected chi connectivity index (χ2v) is 5.52. The molecular formula is C13H17BrN2O2. The van der Waals surface area contributed by atoms with Gasteiger partial charge in [0.05, 0.1) is 5.56 Å². The van der Waals surface area contributed by atoms with Gasteiger partial charge in [-0.25, -0.2) is 4.98 Å². The molecule has 1 heterocycles. The van der Waals surface area contributed by atoms with E-state index in [1.165, 1.54) is 12.8 Å². The van der Waals surface area contributed by atoms with Crippen LogP contribution >= 0.6 is 15.9 Å². The topological polar surface area (TPSA) is 51.2 Å². The Labute approximate surface area is 115 Å². The summed E-state index contributed by atoms with van der Waals surface area (Å²) in [5.74, 6) is -0.0707. The number of ether oxygens (including phenoxy) is 1. The number of rotatable bonds is 6. The minimum absolute atomic E-state index is 0.0707. The van der Waals surface area contributed by atoms with Crippen molar-refractivity contribution < 1.29 is 9.53 Å². The van der Waals surface area contributed by atoms with E-state index in [1.807, 2.05) is 0 Å². The van der Waals surface area contributed by atoms with Crippen LogP contribution in [0.4, 0.5) is 0 Å². The van der Waals surface area contributed by atoms with Crippen molar-refractivity contribution in [3.63, 3.8) is 0 Å². The van der Waals surface area contributed by atoms with Crippen LogP contribution < -0.4 is 5.32 Å². The number of carbonyl (C=O) groups is 1. The van der Waals surface area contributed by atoms with Crippen LogP contribution in [0.15, 0.2) is 22.9 Å². The number of pyridine rings is 1. The van der Waals surface area contributed by atoms with E-state index in [2.05, 4.69) is 26.2 Å². The summed E-state index contributed by atoms with van der Waals surface area (Å²) in [6.45, 7) is 1.48. The minimum atomic E-state index is -0.0707.